The van der Waals surface area contributed by atoms with Crippen molar-refractivity contribution >= 4 is 28.6 Å². The topological polar surface area (TPSA) is 73.2 Å². The van der Waals surface area contributed by atoms with E-state index >= 15 is 0 Å². The summed E-state index contributed by atoms with van der Waals surface area (Å²) in [4.78, 5) is 29.4. The third kappa shape index (κ3) is 4.16. The van der Waals surface area contributed by atoms with Gasteiger partial charge in [-0.25, -0.2) is 14.2 Å². The molecule has 1 aromatic heterocycles. The zero-order valence-corrected chi connectivity index (χ0v) is 17.0. The van der Waals surface area contributed by atoms with Crippen molar-refractivity contribution in [1.82, 2.24) is 9.55 Å². The third-order valence-corrected chi connectivity index (χ3v) is 4.86. The highest BCUT2D eigenvalue weighted by Crippen LogP contribution is 2.23. The number of fused-ring (bicyclic) bond motifs is 1. The summed E-state index contributed by atoms with van der Waals surface area (Å²) in [5.41, 5.74) is 2.76. The van der Waals surface area contributed by atoms with E-state index in [2.05, 4.69) is 10.3 Å². The lowest BCUT2D eigenvalue weighted by atomic mass is 10.2. The molecule has 4 aromatic rings. The number of anilines is 1. The summed E-state index contributed by atoms with van der Waals surface area (Å²) in [6.45, 7) is 3.32. The monoisotopic (exact) mass is 417 g/mol. The number of aryl methyl sites for hydroxylation is 1. The number of halogens is 1. The number of amides is 1. The molecule has 0 spiro atoms. The highest BCUT2D eigenvalue weighted by molar-refractivity contribution is 5.98. The van der Waals surface area contributed by atoms with E-state index in [1.165, 1.54) is 25.1 Å². The number of benzene rings is 3. The number of carbonyl (C=O) groups is 2. The Morgan fingerprint density at radius 3 is 2.48 bits per heavy atom. The summed E-state index contributed by atoms with van der Waals surface area (Å²) in [6.07, 6.45) is -1.11. The number of hydrogen-bond acceptors (Lipinski definition) is 4. The molecular weight excluding hydrogens is 397 g/mol. The van der Waals surface area contributed by atoms with Crippen molar-refractivity contribution in [2.24, 2.45) is 0 Å². The summed E-state index contributed by atoms with van der Waals surface area (Å²) >= 11 is 0. The molecule has 6 nitrogen and oxygen atoms in total. The van der Waals surface area contributed by atoms with Gasteiger partial charge < -0.3 is 10.1 Å². The SMILES string of the molecule is Cc1nc2cc(C(=O)O[C@@H](C)C(=O)Nc3ccccc3F)ccc2n1-c1ccccc1. The van der Waals surface area contributed by atoms with Crippen molar-refractivity contribution in [1.29, 1.82) is 0 Å². The number of imidazole rings is 1. The molecule has 1 heterocycles. The molecular formula is C24H20FN3O3. The Balaban J connectivity index is 1.51. The molecule has 156 valence electrons. The molecule has 1 amide bonds. The van der Waals surface area contributed by atoms with E-state index in [1.54, 1.807) is 24.3 Å². The van der Waals surface area contributed by atoms with Crippen LogP contribution in [-0.4, -0.2) is 27.5 Å². The summed E-state index contributed by atoms with van der Waals surface area (Å²) in [7, 11) is 0. The van der Waals surface area contributed by atoms with E-state index in [4.69, 9.17) is 4.74 Å². The van der Waals surface area contributed by atoms with Crippen LogP contribution in [-0.2, 0) is 9.53 Å². The van der Waals surface area contributed by atoms with Crippen molar-refractivity contribution in [3.8, 4) is 5.69 Å². The number of para-hydroxylation sites is 2. The number of aromatic nitrogens is 2. The van der Waals surface area contributed by atoms with Crippen LogP contribution in [0, 0.1) is 12.7 Å². The lowest BCUT2D eigenvalue weighted by molar-refractivity contribution is -0.123. The molecule has 0 unspecified atom stereocenters. The Kier molecular flexibility index (Phi) is 5.49. The van der Waals surface area contributed by atoms with Gasteiger partial charge in [0.1, 0.15) is 11.6 Å². The largest absolute Gasteiger partial charge is 0.449 e. The van der Waals surface area contributed by atoms with Crippen LogP contribution in [0.3, 0.4) is 0 Å². The normalized spacial score (nSPS) is 11.8. The van der Waals surface area contributed by atoms with E-state index in [0.29, 0.717) is 5.52 Å². The Bertz CT molecular complexity index is 1270. The third-order valence-electron chi connectivity index (χ3n) is 4.86. The van der Waals surface area contributed by atoms with E-state index in [9.17, 15) is 14.0 Å². The van der Waals surface area contributed by atoms with E-state index < -0.39 is 23.8 Å². The minimum absolute atomic E-state index is 0.0266. The maximum Gasteiger partial charge on any atom is 0.338 e. The number of carbonyl (C=O) groups excluding carboxylic acids is 2. The lowest BCUT2D eigenvalue weighted by Crippen LogP contribution is -2.30. The summed E-state index contributed by atoms with van der Waals surface area (Å²) in [5, 5.41) is 2.42. The second-order valence-electron chi connectivity index (χ2n) is 7.05. The van der Waals surface area contributed by atoms with Crippen LogP contribution in [0.1, 0.15) is 23.1 Å². The van der Waals surface area contributed by atoms with Gasteiger partial charge in [-0.15, -0.1) is 0 Å². The fourth-order valence-corrected chi connectivity index (χ4v) is 3.31. The van der Waals surface area contributed by atoms with Gasteiger partial charge in [0.15, 0.2) is 6.10 Å². The molecule has 1 N–H and O–H groups in total. The average Bonchev–Trinajstić information content (AvgIpc) is 3.10. The highest BCUT2D eigenvalue weighted by atomic mass is 19.1. The van der Waals surface area contributed by atoms with Crippen LogP contribution in [0.25, 0.3) is 16.7 Å². The maximum atomic E-state index is 13.7. The highest BCUT2D eigenvalue weighted by Gasteiger charge is 2.21. The second-order valence-corrected chi connectivity index (χ2v) is 7.05. The van der Waals surface area contributed by atoms with Crippen LogP contribution in [0.2, 0.25) is 0 Å². The first-order chi connectivity index (χ1) is 14.9. The van der Waals surface area contributed by atoms with Crippen molar-refractivity contribution in [2.75, 3.05) is 5.32 Å². The number of rotatable bonds is 5. The van der Waals surface area contributed by atoms with Gasteiger partial charge in [-0.05, 0) is 56.3 Å². The Morgan fingerprint density at radius 1 is 1.03 bits per heavy atom. The van der Waals surface area contributed by atoms with Crippen LogP contribution >= 0.6 is 0 Å². The number of nitrogens with zero attached hydrogens (tertiary/aromatic N) is 2. The van der Waals surface area contributed by atoms with Gasteiger partial charge in [-0.3, -0.25) is 9.36 Å². The van der Waals surface area contributed by atoms with Crippen LogP contribution in [0.5, 0.6) is 0 Å². The fourth-order valence-electron chi connectivity index (χ4n) is 3.31. The van der Waals surface area contributed by atoms with Gasteiger partial charge in [0.05, 0.1) is 22.3 Å². The van der Waals surface area contributed by atoms with Crippen LogP contribution in [0.4, 0.5) is 10.1 Å². The smallest absolute Gasteiger partial charge is 0.338 e. The zero-order chi connectivity index (χ0) is 22.0. The minimum atomic E-state index is -1.11. The lowest BCUT2D eigenvalue weighted by Gasteiger charge is -2.14. The number of hydrogen-bond donors (Lipinski definition) is 1. The molecule has 1 atom stereocenters. The minimum Gasteiger partial charge on any atom is -0.449 e. The zero-order valence-electron chi connectivity index (χ0n) is 17.0. The Labute approximate surface area is 178 Å². The maximum absolute atomic E-state index is 13.7. The molecule has 31 heavy (non-hydrogen) atoms. The molecule has 0 aliphatic heterocycles. The fraction of sp³-hybridized carbons (Fsp3) is 0.125. The molecule has 0 bridgehead atoms. The first-order valence-corrected chi connectivity index (χ1v) is 9.75. The summed E-state index contributed by atoms with van der Waals surface area (Å²) < 4.78 is 21.0. The molecule has 4 rings (SSSR count). The van der Waals surface area contributed by atoms with Crippen molar-refractivity contribution < 1.29 is 18.7 Å². The number of esters is 1. The molecule has 0 fully saturated rings. The Hall–Kier alpha value is -4.00. The number of nitrogens with one attached hydrogen (secondary N) is 1. The predicted molar refractivity (Wildman–Crippen MR) is 116 cm³/mol. The van der Waals surface area contributed by atoms with Crippen LogP contribution < -0.4 is 5.32 Å². The quantitative estimate of drug-likeness (QED) is 0.480. The van der Waals surface area contributed by atoms with Crippen molar-refractivity contribution in [2.45, 2.75) is 20.0 Å². The second kappa shape index (κ2) is 8.39. The summed E-state index contributed by atoms with van der Waals surface area (Å²) in [5.74, 6) is -1.07. The van der Waals surface area contributed by atoms with Gasteiger partial charge in [-0.1, -0.05) is 30.3 Å². The van der Waals surface area contributed by atoms with E-state index in [-0.39, 0.29) is 11.3 Å². The molecule has 0 aliphatic carbocycles. The predicted octanol–water partition coefficient (Wildman–Crippen LogP) is 4.66. The molecule has 7 heteroatoms. The van der Waals surface area contributed by atoms with Crippen molar-refractivity contribution in [3.63, 3.8) is 0 Å². The van der Waals surface area contributed by atoms with Gasteiger partial charge in [0.25, 0.3) is 5.91 Å². The van der Waals surface area contributed by atoms with Gasteiger partial charge in [0, 0.05) is 5.69 Å². The van der Waals surface area contributed by atoms with Gasteiger partial charge in [-0.2, -0.15) is 0 Å². The summed E-state index contributed by atoms with van der Waals surface area (Å²) in [6, 6.07) is 20.6. The average molecular weight is 417 g/mol. The first-order valence-electron chi connectivity index (χ1n) is 9.75. The molecule has 0 radical (unpaired) electrons. The molecule has 3 aromatic carbocycles. The molecule has 0 aliphatic rings. The van der Waals surface area contributed by atoms with E-state index in [0.717, 1.165) is 17.0 Å². The van der Waals surface area contributed by atoms with Gasteiger partial charge in [0.2, 0.25) is 0 Å². The van der Waals surface area contributed by atoms with E-state index in [1.807, 2.05) is 41.8 Å². The number of ether oxygens (including phenoxy) is 1. The molecule has 0 saturated heterocycles. The molecule has 0 saturated carbocycles. The Morgan fingerprint density at radius 2 is 1.74 bits per heavy atom. The standard InChI is InChI=1S/C24H20FN3O3/c1-15(23(29)27-20-11-7-6-10-19(20)25)31-24(30)17-12-13-22-21(14-17)26-16(2)28(22)18-8-4-3-5-9-18/h3-15H,1-2H3,(H,27,29)/t15-/m0/s1. The first kappa shape index (κ1) is 20.3. The van der Waals surface area contributed by atoms with Crippen LogP contribution in [0.15, 0.2) is 72.8 Å². The van der Waals surface area contributed by atoms with Crippen molar-refractivity contribution in [3.05, 3.63) is 90.0 Å². The van der Waals surface area contributed by atoms with Gasteiger partial charge >= 0.3 is 5.97 Å².